The van der Waals surface area contributed by atoms with Crippen molar-refractivity contribution in [2.24, 2.45) is 11.8 Å². The van der Waals surface area contributed by atoms with Crippen molar-refractivity contribution in [3.8, 4) is 0 Å². The molecule has 2 saturated heterocycles. The molecular weight excluding hydrogens is 328 g/mol. The van der Waals surface area contributed by atoms with E-state index < -0.39 is 0 Å². The second kappa shape index (κ2) is 6.67. The summed E-state index contributed by atoms with van der Waals surface area (Å²) < 4.78 is 0. The lowest BCUT2D eigenvalue weighted by molar-refractivity contribution is -0.933. The molecule has 0 aromatic rings. The Morgan fingerprint density at radius 3 is 2.62 bits per heavy atom. The summed E-state index contributed by atoms with van der Waals surface area (Å²) in [4.78, 5) is 17.6. The van der Waals surface area contributed by atoms with E-state index in [-0.39, 0.29) is 0 Å². The van der Waals surface area contributed by atoms with Crippen LogP contribution in [-0.4, -0.2) is 47.4 Å². The van der Waals surface area contributed by atoms with Crippen molar-refractivity contribution in [2.75, 3.05) is 19.6 Å². The van der Waals surface area contributed by atoms with Crippen molar-refractivity contribution in [1.29, 1.82) is 0 Å². The maximum absolute atomic E-state index is 12.7. The number of carbonyl (C=O) groups excluding carboxylic acids is 1. The first-order valence-electron chi connectivity index (χ1n) is 8.81. The number of Topliss-reactive ketones (excluding diaryl/α,β-unsaturated/α-hetero) is 1. The van der Waals surface area contributed by atoms with Crippen molar-refractivity contribution >= 4 is 21.7 Å². The zero-order chi connectivity index (χ0) is 15.0. The first kappa shape index (κ1) is 15.9. The maximum atomic E-state index is 12.7. The molecule has 3 aliphatic rings. The Labute approximate surface area is 137 Å². The number of alkyl halides is 1. The minimum Gasteiger partial charge on any atom is -0.310 e. The van der Waals surface area contributed by atoms with Crippen LogP contribution in [0.5, 0.6) is 0 Å². The summed E-state index contributed by atoms with van der Waals surface area (Å²) in [6.07, 6.45) is 7.77. The number of ketones is 1. The minimum atomic E-state index is 0.341. The van der Waals surface area contributed by atoms with Gasteiger partial charge < -0.3 is 4.90 Å². The molecule has 4 heteroatoms. The lowest BCUT2D eigenvalue weighted by Gasteiger charge is -2.35. The van der Waals surface area contributed by atoms with Crippen LogP contribution < -0.4 is 4.90 Å². The highest BCUT2D eigenvalue weighted by Gasteiger charge is 2.45. The fourth-order valence-electron chi connectivity index (χ4n) is 4.60. The van der Waals surface area contributed by atoms with E-state index in [9.17, 15) is 4.79 Å². The predicted octanol–water partition coefficient (Wildman–Crippen LogP) is 1.85. The Bertz CT molecular complexity index is 381. The lowest BCUT2D eigenvalue weighted by Crippen LogP contribution is -3.18. The van der Waals surface area contributed by atoms with Gasteiger partial charge in [-0.3, -0.25) is 4.79 Å². The molecule has 120 valence electrons. The summed E-state index contributed by atoms with van der Waals surface area (Å²) >= 11 is 3.69. The van der Waals surface area contributed by atoms with Crippen LogP contribution >= 0.6 is 15.9 Å². The molecule has 2 aliphatic heterocycles. The zero-order valence-electron chi connectivity index (χ0n) is 13.5. The number of halogens is 1. The van der Waals surface area contributed by atoms with Crippen LogP contribution in [0.15, 0.2) is 0 Å². The number of nitrogens with zero attached hydrogens (tertiary/aromatic N) is 1. The smallest absolute Gasteiger partial charge is 0.189 e. The van der Waals surface area contributed by atoms with Crippen molar-refractivity contribution in [3.05, 3.63) is 0 Å². The lowest BCUT2D eigenvalue weighted by atomic mass is 9.86. The third-order valence-electron chi connectivity index (χ3n) is 6.04. The van der Waals surface area contributed by atoms with E-state index in [1.807, 2.05) is 0 Å². The van der Waals surface area contributed by atoms with Crippen molar-refractivity contribution in [2.45, 2.75) is 69.4 Å². The zero-order valence-corrected chi connectivity index (χ0v) is 15.1. The van der Waals surface area contributed by atoms with Gasteiger partial charge in [0.25, 0.3) is 0 Å². The number of nitrogens with one attached hydrogen (secondary N) is 1. The molecular formula is C17H30BrN2O+. The van der Waals surface area contributed by atoms with E-state index in [2.05, 4.69) is 34.7 Å². The third-order valence-corrected chi connectivity index (χ3v) is 6.95. The molecule has 1 N–H and O–H groups in total. The molecule has 0 aromatic carbocycles. The van der Waals surface area contributed by atoms with Gasteiger partial charge in [0.2, 0.25) is 0 Å². The number of fused-ring (bicyclic) bond motifs is 1. The monoisotopic (exact) mass is 357 g/mol. The maximum Gasteiger partial charge on any atom is 0.189 e. The Morgan fingerprint density at radius 1 is 1.19 bits per heavy atom. The highest BCUT2D eigenvalue weighted by molar-refractivity contribution is 9.09. The van der Waals surface area contributed by atoms with Crippen LogP contribution in [0.25, 0.3) is 0 Å². The quantitative estimate of drug-likeness (QED) is 0.779. The topological polar surface area (TPSA) is 24.8 Å². The molecule has 21 heavy (non-hydrogen) atoms. The molecule has 4 atom stereocenters. The third kappa shape index (κ3) is 3.53. The normalized spacial score (nSPS) is 44.5. The molecule has 0 radical (unpaired) electrons. The Kier molecular flexibility index (Phi) is 5.07. The number of hydrogen-bond donors (Lipinski definition) is 1. The summed E-state index contributed by atoms with van der Waals surface area (Å²) in [5, 5.41) is 0. The van der Waals surface area contributed by atoms with Crippen LogP contribution in [0, 0.1) is 11.8 Å². The van der Waals surface area contributed by atoms with Gasteiger partial charge in [0, 0.05) is 23.7 Å². The second-order valence-corrected chi connectivity index (χ2v) is 9.00. The van der Waals surface area contributed by atoms with E-state index in [0.29, 0.717) is 28.7 Å². The molecule has 0 bridgehead atoms. The molecule has 3 rings (SSSR count). The van der Waals surface area contributed by atoms with Crippen LogP contribution in [0.3, 0.4) is 0 Å². The van der Waals surface area contributed by atoms with E-state index in [4.69, 9.17) is 0 Å². The predicted molar refractivity (Wildman–Crippen MR) is 88.7 cm³/mol. The SMILES string of the molecule is CC1CCN2CC(C)[NH+](CC(=O)C3CCC(Br)CC3)C2C1. The molecule has 2 heterocycles. The molecule has 4 unspecified atom stereocenters. The van der Waals surface area contributed by atoms with Gasteiger partial charge in [-0.25, -0.2) is 4.90 Å². The average Bonchev–Trinajstić information content (AvgIpc) is 2.76. The van der Waals surface area contributed by atoms with Crippen molar-refractivity contribution in [3.63, 3.8) is 0 Å². The van der Waals surface area contributed by atoms with Crippen LogP contribution in [0.1, 0.15) is 52.4 Å². The minimum absolute atomic E-state index is 0.341. The van der Waals surface area contributed by atoms with Gasteiger partial charge in [0.15, 0.2) is 5.78 Å². The van der Waals surface area contributed by atoms with Gasteiger partial charge in [0.05, 0.1) is 12.6 Å². The molecule has 0 aromatic heterocycles. The number of hydrogen-bond acceptors (Lipinski definition) is 2. The average molecular weight is 358 g/mol. The number of carbonyl (C=O) groups is 1. The summed E-state index contributed by atoms with van der Waals surface area (Å²) in [6.45, 7) is 7.90. The summed E-state index contributed by atoms with van der Waals surface area (Å²) in [7, 11) is 0. The molecule has 1 saturated carbocycles. The Morgan fingerprint density at radius 2 is 1.90 bits per heavy atom. The van der Waals surface area contributed by atoms with Crippen molar-refractivity contribution in [1.82, 2.24) is 4.90 Å². The number of quaternary nitrogens is 1. The summed E-state index contributed by atoms with van der Waals surface area (Å²) in [6, 6.07) is 0.622. The second-order valence-electron chi connectivity index (χ2n) is 7.71. The molecule has 3 fully saturated rings. The van der Waals surface area contributed by atoms with Gasteiger partial charge in [-0.15, -0.1) is 0 Å². The Hall–Kier alpha value is 0.0700. The highest BCUT2D eigenvalue weighted by Crippen LogP contribution is 2.29. The highest BCUT2D eigenvalue weighted by atomic mass is 79.9. The van der Waals surface area contributed by atoms with E-state index in [0.717, 1.165) is 25.3 Å². The fourth-order valence-corrected chi connectivity index (χ4v) is 5.13. The first-order valence-corrected chi connectivity index (χ1v) is 9.72. The molecule has 0 amide bonds. The Balaban J connectivity index is 1.59. The van der Waals surface area contributed by atoms with Crippen LogP contribution in [-0.2, 0) is 4.79 Å². The van der Waals surface area contributed by atoms with Crippen LogP contribution in [0.2, 0.25) is 0 Å². The standard InChI is InChI=1S/C17H29BrN2O/c1-12-7-8-19-10-13(2)20(17(19)9-12)11-16(21)14-3-5-15(18)6-4-14/h12-15,17H,3-11H2,1-2H3/p+1. The summed E-state index contributed by atoms with van der Waals surface area (Å²) in [5.41, 5.74) is 0. The van der Waals surface area contributed by atoms with Crippen LogP contribution in [0.4, 0.5) is 0 Å². The fraction of sp³-hybridized carbons (Fsp3) is 0.941. The molecule has 1 aliphatic carbocycles. The number of rotatable bonds is 3. The summed E-state index contributed by atoms with van der Waals surface area (Å²) in [5.74, 6) is 1.70. The number of piperidine rings is 1. The molecule has 0 spiro atoms. The first-order chi connectivity index (χ1) is 10.0. The van der Waals surface area contributed by atoms with E-state index in [1.165, 1.54) is 38.8 Å². The van der Waals surface area contributed by atoms with Gasteiger partial charge in [0.1, 0.15) is 12.7 Å². The van der Waals surface area contributed by atoms with Gasteiger partial charge >= 0.3 is 0 Å². The van der Waals surface area contributed by atoms with Crippen molar-refractivity contribution < 1.29 is 9.69 Å². The van der Waals surface area contributed by atoms with E-state index in [1.54, 1.807) is 4.90 Å². The van der Waals surface area contributed by atoms with E-state index >= 15 is 0 Å². The van der Waals surface area contributed by atoms with Gasteiger partial charge in [-0.1, -0.05) is 22.9 Å². The van der Waals surface area contributed by atoms with Gasteiger partial charge in [-0.05, 0) is 44.9 Å². The largest absolute Gasteiger partial charge is 0.310 e. The van der Waals surface area contributed by atoms with Gasteiger partial charge in [-0.2, -0.15) is 0 Å². The molecule has 3 nitrogen and oxygen atoms in total.